The number of benzene rings is 1. The van der Waals surface area contributed by atoms with Crippen molar-refractivity contribution < 1.29 is 0 Å². The van der Waals surface area contributed by atoms with Gasteiger partial charge in [-0.1, -0.05) is 24.3 Å². The summed E-state index contributed by atoms with van der Waals surface area (Å²) in [4.78, 5) is 2.67. The number of rotatable bonds is 4. The number of hydrogen-bond acceptors (Lipinski definition) is 3. The van der Waals surface area contributed by atoms with Crippen LogP contribution in [0.4, 0.5) is 0 Å². The molecule has 3 rings (SSSR count). The Labute approximate surface area is 128 Å². The maximum Gasteiger partial charge on any atom is 0.0250 e. The molecule has 0 aliphatic carbocycles. The van der Waals surface area contributed by atoms with Crippen molar-refractivity contribution in [3.8, 4) is 0 Å². The Hall–Kier alpha value is -1.19. The Kier molecular flexibility index (Phi) is 5.04. The monoisotopic (exact) mass is 285 g/mol. The zero-order valence-electron chi connectivity index (χ0n) is 12.9. The first kappa shape index (κ1) is 14.7. The Balaban J connectivity index is 1.48. The lowest BCUT2D eigenvalue weighted by Gasteiger charge is -2.35. The first-order valence-electron chi connectivity index (χ1n) is 8.38. The lowest BCUT2D eigenvalue weighted by molar-refractivity contribution is 0.169. The van der Waals surface area contributed by atoms with Crippen molar-refractivity contribution >= 4 is 6.21 Å². The third kappa shape index (κ3) is 3.92. The van der Waals surface area contributed by atoms with E-state index in [1.165, 1.54) is 70.2 Å². The summed E-state index contributed by atoms with van der Waals surface area (Å²) in [5.41, 5.74) is 2.46. The number of nitrogens with zero attached hydrogens (tertiary/aromatic N) is 1. The normalized spacial score (nSPS) is 24.9. The Bertz CT molecular complexity index is 440. The number of piperidine rings is 2. The van der Waals surface area contributed by atoms with E-state index >= 15 is 0 Å². The van der Waals surface area contributed by atoms with Gasteiger partial charge in [0, 0.05) is 12.8 Å². The highest BCUT2D eigenvalue weighted by molar-refractivity contribution is 5.76. The van der Waals surface area contributed by atoms with Crippen LogP contribution in [-0.4, -0.2) is 43.8 Å². The van der Waals surface area contributed by atoms with Crippen LogP contribution in [0.1, 0.15) is 42.7 Å². The quantitative estimate of drug-likeness (QED) is 0.835. The summed E-state index contributed by atoms with van der Waals surface area (Å²) in [5.74, 6) is 1.58. The van der Waals surface area contributed by atoms with Gasteiger partial charge in [0.05, 0.1) is 0 Å². The molecule has 2 fully saturated rings. The van der Waals surface area contributed by atoms with Crippen LogP contribution in [0, 0.1) is 11.3 Å². The fourth-order valence-corrected chi connectivity index (χ4v) is 3.76. The van der Waals surface area contributed by atoms with Crippen LogP contribution in [0.15, 0.2) is 24.3 Å². The minimum absolute atomic E-state index is 0.713. The van der Waals surface area contributed by atoms with E-state index in [0.29, 0.717) is 5.92 Å². The highest BCUT2D eigenvalue weighted by atomic mass is 15.1. The van der Waals surface area contributed by atoms with Gasteiger partial charge in [-0.3, -0.25) is 0 Å². The van der Waals surface area contributed by atoms with Gasteiger partial charge in [-0.05, 0) is 74.8 Å². The summed E-state index contributed by atoms with van der Waals surface area (Å²) >= 11 is 0. The van der Waals surface area contributed by atoms with E-state index < -0.39 is 0 Å². The molecular formula is C18H27N3. The summed E-state index contributed by atoms with van der Waals surface area (Å²) < 4.78 is 0. The second-order valence-electron chi connectivity index (χ2n) is 6.60. The van der Waals surface area contributed by atoms with Gasteiger partial charge < -0.3 is 15.6 Å². The third-order valence-corrected chi connectivity index (χ3v) is 5.08. The molecule has 1 atom stereocenters. The maximum absolute atomic E-state index is 7.27. The van der Waals surface area contributed by atoms with Crippen molar-refractivity contribution in [2.45, 2.75) is 31.6 Å². The van der Waals surface area contributed by atoms with Crippen LogP contribution in [0.25, 0.3) is 0 Å². The van der Waals surface area contributed by atoms with Gasteiger partial charge in [0.1, 0.15) is 0 Å². The van der Waals surface area contributed by atoms with E-state index in [2.05, 4.69) is 34.5 Å². The summed E-state index contributed by atoms with van der Waals surface area (Å²) in [6, 6.07) is 8.57. The molecule has 2 aliphatic rings. The van der Waals surface area contributed by atoms with E-state index in [1.807, 2.05) is 0 Å². The first-order valence-corrected chi connectivity index (χ1v) is 8.38. The van der Waals surface area contributed by atoms with Crippen LogP contribution in [-0.2, 0) is 0 Å². The van der Waals surface area contributed by atoms with Crippen molar-refractivity contribution in [3.05, 3.63) is 35.4 Å². The first-order chi connectivity index (χ1) is 10.3. The lowest BCUT2D eigenvalue weighted by atomic mass is 9.88. The summed E-state index contributed by atoms with van der Waals surface area (Å²) in [6.45, 7) is 6.20. The smallest absolute Gasteiger partial charge is 0.0250 e. The molecule has 2 N–H and O–H groups in total. The lowest BCUT2D eigenvalue weighted by Crippen LogP contribution is -2.41. The van der Waals surface area contributed by atoms with Gasteiger partial charge in [0.25, 0.3) is 0 Å². The largest absolute Gasteiger partial charge is 0.316 e. The molecule has 1 aromatic carbocycles. The fraction of sp³-hybridized carbons (Fsp3) is 0.611. The van der Waals surface area contributed by atoms with E-state index in [4.69, 9.17) is 5.41 Å². The summed E-state index contributed by atoms with van der Waals surface area (Å²) in [5, 5.41) is 10.8. The van der Waals surface area contributed by atoms with Crippen molar-refractivity contribution in [1.82, 2.24) is 10.2 Å². The molecule has 1 unspecified atom stereocenters. The summed E-state index contributed by atoms with van der Waals surface area (Å²) in [6.07, 6.45) is 6.73. The topological polar surface area (TPSA) is 39.1 Å². The fourth-order valence-electron chi connectivity index (χ4n) is 3.76. The second kappa shape index (κ2) is 7.19. The van der Waals surface area contributed by atoms with Crippen LogP contribution in [0.2, 0.25) is 0 Å². The Morgan fingerprint density at radius 1 is 1.14 bits per heavy atom. The van der Waals surface area contributed by atoms with E-state index in [0.717, 1.165) is 11.5 Å². The molecular weight excluding hydrogens is 258 g/mol. The van der Waals surface area contributed by atoms with Crippen LogP contribution >= 0.6 is 0 Å². The van der Waals surface area contributed by atoms with Gasteiger partial charge in [0.2, 0.25) is 0 Å². The zero-order valence-corrected chi connectivity index (χ0v) is 12.9. The average Bonchev–Trinajstić information content (AvgIpc) is 2.57. The van der Waals surface area contributed by atoms with Gasteiger partial charge >= 0.3 is 0 Å². The molecule has 114 valence electrons. The molecule has 0 radical (unpaired) electrons. The predicted octanol–water partition coefficient (Wildman–Crippen LogP) is 2.86. The molecule has 2 aliphatic heterocycles. The molecule has 3 heteroatoms. The minimum atomic E-state index is 0.713. The molecule has 0 saturated carbocycles. The molecule has 3 nitrogen and oxygen atoms in total. The predicted molar refractivity (Wildman–Crippen MR) is 88.3 cm³/mol. The van der Waals surface area contributed by atoms with Crippen molar-refractivity contribution in [2.75, 3.05) is 32.7 Å². The minimum Gasteiger partial charge on any atom is -0.316 e. The average molecular weight is 285 g/mol. The molecule has 2 saturated heterocycles. The van der Waals surface area contributed by atoms with Gasteiger partial charge in [-0.25, -0.2) is 0 Å². The summed E-state index contributed by atoms with van der Waals surface area (Å²) in [7, 11) is 0. The molecule has 0 spiro atoms. The van der Waals surface area contributed by atoms with E-state index in [1.54, 1.807) is 0 Å². The highest BCUT2D eigenvalue weighted by Crippen LogP contribution is 2.28. The standard InChI is InChI=1S/C18H27N3/c19-12-15-3-5-17(6-4-15)18-7-10-21(11-8-18)14-16-2-1-9-20-13-16/h3-6,12,16,18-20H,1-2,7-11,13-14H2. The Morgan fingerprint density at radius 3 is 2.52 bits per heavy atom. The molecule has 2 heterocycles. The van der Waals surface area contributed by atoms with Crippen molar-refractivity contribution in [2.24, 2.45) is 5.92 Å². The van der Waals surface area contributed by atoms with Gasteiger partial charge in [0.15, 0.2) is 0 Å². The van der Waals surface area contributed by atoms with Crippen molar-refractivity contribution in [1.29, 1.82) is 5.41 Å². The molecule has 0 amide bonds. The maximum atomic E-state index is 7.27. The molecule has 0 aromatic heterocycles. The third-order valence-electron chi connectivity index (χ3n) is 5.08. The second-order valence-corrected chi connectivity index (χ2v) is 6.60. The number of hydrogen-bond donors (Lipinski definition) is 2. The highest BCUT2D eigenvalue weighted by Gasteiger charge is 2.23. The zero-order chi connectivity index (χ0) is 14.5. The molecule has 1 aromatic rings. The van der Waals surface area contributed by atoms with E-state index in [9.17, 15) is 0 Å². The van der Waals surface area contributed by atoms with Gasteiger partial charge in [-0.2, -0.15) is 0 Å². The van der Waals surface area contributed by atoms with Gasteiger partial charge in [-0.15, -0.1) is 0 Å². The van der Waals surface area contributed by atoms with E-state index in [-0.39, 0.29) is 0 Å². The van der Waals surface area contributed by atoms with Crippen LogP contribution < -0.4 is 5.32 Å². The Morgan fingerprint density at radius 2 is 1.90 bits per heavy atom. The molecule has 21 heavy (non-hydrogen) atoms. The molecule has 0 bridgehead atoms. The van der Waals surface area contributed by atoms with Crippen LogP contribution in [0.3, 0.4) is 0 Å². The van der Waals surface area contributed by atoms with Crippen molar-refractivity contribution in [3.63, 3.8) is 0 Å². The van der Waals surface area contributed by atoms with Crippen LogP contribution in [0.5, 0.6) is 0 Å². The number of likely N-dealkylation sites (tertiary alicyclic amines) is 1. The number of nitrogens with one attached hydrogen (secondary N) is 2. The SMILES string of the molecule is N=Cc1ccc(C2CCN(CC3CCCNC3)CC2)cc1.